The van der Waals surface area contributed by atoms with Crippen LogP contribution < -0.4 is 5.73 Å². The zero-order valence-electron chi connectivity index (χ0n) is 16.1. The second kappa shape index (κ2) is 8.95. The Hall–Kier alpha value is -1.77. The predicted molar refractivity (Wildman–Crippen MR) is 102 cm³/mol. The van der Waals surface area contributed by atoms with Gasteiger partial charge >= 0.3 is 0 Å². The van der Waals surface area contributed by atoms with Crippen molar-refractivity contribution < 1.29 is 14.2 Å². The number of nitrogens with two attached hydrogens (primary N) is 1. The monoisotopic (exact) mass is 379 g/mol. The summed E-state index contributed by atoms with van der Waals surface area (Å²) in [5, 5.41) is 12.9. The van der Waals surface area contributed by atoms with Crippen LogP contribution in [0.1, 0.15) is 51.1 Å². The highest BCUT2D eigenvalue weighted by atomic mass is 19.1. The van der Waals surface area contributed by atoms with E-state index in [1.807, 2.05) is 0 Å². The standard InChI is InChI=1S/C14H20FN5.C5H10O2/c1-9(2)19-5-3-10(4-6-19)12-7-11(15)13-8-17-14(16)18-20(12)13;6-5-2-1-3-7-4-5/h7-10H,3-6H2,1-2H3,(H2,16,18);5-6H,1-4H2. The van der Waals surface area contributed by atoms with Crippen LogP contribution >= 0.6 is 0 Å². The molecular formula is C19H30FN5O2. The molecule has 0 aromatic carbocycles. The van der Waals surface area contributed by atoms with Gasteiger partial charge in [0, 0.05) is 24.3 Å². The Labute approximate surface area is 159 Å². The van der Waals surface area contributed by atoms with E-state index in [2.05, 4.69) is 28.8 Å². The average molecular weight is 379 g/mol. The molecule has 2 aromatic rings. The van der Waals surface area contributed by atoms with Gasteiger partial charge in [0.1, 0.15) is 5.52 Å². The zero-order chi connectivity index (χ0) is 19.4. The summed E-state index contributed by atoms with van der Waals surface area (Å²) < 4.78 is 20.5. The first-order valence-corrected chi connectivity index (χ1v) is 9.75. The normalized spacial score (nSPS) is 22.0. The van der Waals surface area contributed by atoms with Crippen molar-refractivity contribution >= 4 is 11.5 Å². The fourth-order valence-corrected chi connectivity index (χ4v) is 3.71. The Balaban J connectivity index is 0.000000253. The van der Waals surface area contributed by atoms with Gasteiger partial charge in [-0.1, -0.05) is 0 Å². The third-order valence-electron chi connectivity index (χ3n) is 5.33. The van der Waals surface area contributed by atoms with Gasteiger partial charge in [0.15, 0.2) is 5.82 Å². The van der Waals surface area contributed by atoms with Crippen LogP contribution in [0.2, 0.25) is 0 Å². The molecule has 1 atom stereocenters. The van der Waals surface area contributed by atoms with Gasteiger partial charge in [0.05, 0.1) is 18.9 Å². The maximum absolute atomic E-state index is 13.9. The Morgan fingerprint density at radius 1 is 1.30 bits per heavy atom. The summed E-state index contributed by atoms with van der Waals surface area (Å²) in [5.74, 6) is 0.233. The molecule has 0 bridgehead atoms. The van der Waals surface area contributed by atoms with Crippen molar-refractivity contribution in [3.8, 4) is 0 Å². The molecule has 2 saturated heterocycles. The van der Waals surface area contributed by atoms with E-state index in [1.54, 1.807) is 10.6 Å². The summed E-state index contributed by atoms with van der Waals surface area (Å²) in [7, 11) is 0. The largest absolute Gasteiger partial charge is 0.391 e. The number of rotatable bonds is 2. The SMILES string of the molecule is CC(C)N1CCC(c2cc(F)c3cnc(N)nn23)CC1.OC1CCCOC1. The lowest BCUT2D eigenvalue weighted by molar-refractivity contribution is -0.00535. The molecule has 150 valence electrons. The van der Waals surface area contributed by atoms with E-state index in [0.29, 0.717) is 24.1 Å². The number of hydrogen-bond donors (Lipinski definition) is 2. The number of halogens is 1. The first-order valence-electron chi connectivity index (χ1n) is 9.75. The van der Waals surface area contributed by atoms with Gasteiger partial charge in [0.2, 0.25) is 5.95 Å². The van der Waals surface area contributed by atoms with Gasteiger partial charge < -0.3 is 20.5 Å². The minimum Gasteiger partial charge on any atom is -0.391 e. The fourth-order valence-electron chi connectivity index (χ4n) is 3.71. The number of likely N-dealkylation sites (tertiary alicyclic amines) is 1. The number of hydrogen-bond acceptors (Lipinski definition) is 6. The van der Waals surface area contributed by atoms with Gasteiger partial charge in [0.25, 0.3) is 0 Å². The fraction of sp³-hybridized carbons (Fsp3) is 0.684. The topological polar surface area (TPSA) is 88.9 Å². The number of aliphatic hydroxyl groups is 1. The van der Waals surface area contributed by atoms with E-state index in [0.717, 1.165) is 51.1 Å². The van der Waals surface area contributed by atoms with E-state index in [4.69, 9.17) is 15.6 Å². The smallest absolute Gasteiger partial charge is 0.238 e. The van der Waals surface area contributed by atoms with Crippen LogP contribution in [0.15, 0.2) is 12.3 Å². The van der Waals surface area contributed by atoms with E-state index < -0.39 is 0 Å². The summed E-state index contributed by atoms with van der Waals surface area (Å²) in [5.41, 5.74) is 6.93. The first-order chi connectivity index (χ1) is 13.0. The lowest BCUT2D eigenvalue weighted by atomic mass is 9.93. The highest BCUT2D eigenvalue weighted by Gasteiger charge is 2.25. The third kappa shape index (κ3) is 4.94. The van der Waals surface area contributed by atoms with Gasteiger partial charge in [-0.15, -0.1) is 5.10 Å². The van der Waals surface area contributed by atoms with E-state index in [1.165, 1.54) is 6.20 Å². The van der Waals surface area contributed by atoms with E-state index in [-0.39, 0.29) is 17.9 Å². The number of fused-ring (bicyclic) bond motifs is 1. The van der Waals surface area contributed by atoms with Crippen molar-refractivity contribution in [2.45, 2.75) is 57.6 Å². The van der Waals surface area contributed by atoms with Crippen molar-refractivity contribution in [1.82, 2.24) is 19.5 Å². The van der Waals surface area contributed by atoms with Crippen molar-refractivity contribution in [3.05, 3.63) is 23.8 Å². The Kier molecular flexibility index (Phi) is 6.62. The summed E-state index contributed by atoms with van der Waals surface area (Å²) in [6, 6.07) is 2.15. The number of nitrogens with zero attached hydrogens (tertiary/aromatic N) is 4. The van der Waals surface area contributed by atoms with Gasteiger partial charge in [-0.25, -0.2) is 13.9 Å². The Morgan fingerprint density at radius 2 is 2.04 bits per heavy atom. The molecule has 7 nitrogen and oxygen atoms in total. The molecule has 0 saturated carbocycles. The summed E-state index contributed by atoms with van der Waals surface area (Å²) in [6.45, 7) is 7.87. The molecule has 3 N–H and O–H groups in total. The highest BCUT2D eigenvalue weighted by Crippen LogP contribution is 2.30. The molecule has 8 heteroatoms. The molecule has 0 amide bonds. The van der Waals surface area contributed by atoms with Crippen molar-refractivity contribution in [3.63, 3.8) is 0 Å². The lowest BCUT2D eigenvalue weighted by Crippen LogP contribution is -2.38. The molecule has 2 aromatic heterocycles. The predicted octanol–water partition coefficient (Wildman–Crippen LogP) is 2.20. The summed E-state index contributed by atoms with van der Waals surface area (Å²) in [6.07, 6.45) is 5.24. The molecule has 27 heavy (non-hydrogen) atoms. The zero-order valence-corrected chi connectivity index (χ0v) is 16.1. The molecule has 4 rings (SSSR count). The molecule has 1 unspecified atom stereocenters. The minimum atomic E-state index is -0.272. The average Bonchev–Trinajstić information content (AvgIpc) is 2.99. The van der Waals surface area contributed by atoms with Crippen molar-refractivity contribution in [2.75, 3.05) is 32.0 Å². The molecule has 0 spiro atoms. The maximum atomic E-state index is 13.9. The first kappa shape index (κ1) is 20.0. The number of aliphatic hydroxyl groups excluding tert-OH is 1. The molecule has 2 aliphatic rings. The quantitative estimate of drug-likeness (QED) is 0.832. The van der Waals surface area contributed by atoms with Crippen LogP contribution in [-0.4, -0.2) is 63.1 Å². The van der Waals surface area contributed by atoms with Crippen LogP contribution in [0.25, 0.3) is 5.52 Å². The third-order valence-corrected chi connectivity index (χ3v) is 5.33. The van der Waals surface area contributed by atoms with Gasteiger partial charge in [-0.3, -0.25) is 0 Å². The molecule has 0 radical (unpaired) electrons. The van der Waals surface area contributed by atoms with Gasteiger partial charge in [-0.05, 0) is 58.7 Å². The molecular weight excluding hydrogens is 349 g/mol. The van der Waals surface area contributed by atoms with E-state index in [9.17, 15) is 4.39 Å². The highest BCUT2D eigenvalue weighted by molar-refractivity contribution is 5.50. The molecule has 2 aliphatic heterocycles. The van der Waals surface area contributed by atoms with Crippen LogP contribution in [-0.2, 0) is 4.74 Å². The van der Waals surface area contributed by atoms with E-state index >= 15 is 0 Å². The molecule has 0 aliphatic carbocycles. The second-order valence-electron chi connectivity index (χ2n) is 7.61. The minimum absolute atomic E-state index is 0.175. The van der Waals surface area contributed by atoms with Gasteiger partial charge in [-0.2, -0.15) is 0 Å². The van der Waals surface area contributed by atoms with Crippen molar-refractivity contribution in [2.24, 2.45) is 0 Å². The summed E-state index contributed by atoms with van der Waals surface area (Å²) >= 11 is 0. The number of piperidine rings is 1. The number of aromatic nitrogens is 3. The molecule has 4 heterocycles. The van der Waals surface area contributed by atoms with Crippen LogP contribution in [0, 0.1) is 5.82 Å². The number of ether oxygens (including phenoxy) is 1. The van der Waals surface area contributed by atoms with Crippen molar-refractivity contribution in [1.29, 1.82) is 0 Å². The lowest BCUT2D eigenvalue weighted by Gasteiger charge is -2.34. The maximum Gasteiger partial charge on any atom is 0.238 e. The molecule has 2 fully saturated rings. The number of nitrogen functional groups attached to an aromatic ring is 1. The van der Waals surface area contributed by atoms with Crippen LogP contribution in [0.5, 0.6) is 0 Å². The second-order valence-corrected chi connectivity index (χ2v) is 7.61. The van der Waals surface area contributed by atoms with Crippen LogP contribution in [0.4, 0.5) is 10.3 Å². The Morgan fingerprint density at radius 3 is 2.59 bits per heavy atom. The summed E-state index contributed by atoms with van der Waals surface area (Å²) in [4.78, 5) is 6.31. The Bertz CT molecular complexity index is 737. The number of anilines is 1. The van der Waals surface area contributed by atoms with Crippen LogP contribution in [0.3, 0.4) is 0 Å².